The Balaban J connectivity index is 2.08. The largest absolute Gasteiger partial charge is 0.493 e. The zero-order valence-corrected chi connectivity index (χ0v) is 12.8. The van der Waals surface area contributed by atoms with Crippen molar-refractivity contribution in [3.63, 3.8) is 0 Å². The van der Waals surface area contributed by atoms with E-state index in [1.807, 2.05) is 18.2 Å². The second-order valence-electron chi connectivity index (χ2n) is 5.77. The van der Waals surface area contributed by atoms with E-state index in [0.717, 1.165) is 30.1 Å². The van der Waals surface area contributed by atoms with Crippen molar-refractivity contribution in [1.29, 1.82) is 0 Å². The second-order valence-corrected chi connectivity index (χ2v) is 5.77. The minimum absolute atomic E-state index is 0.292. The Kier molecular flexibility index (Phi) is 5.30. The van der Waals surface area contributed by atoms with Crippen LogP contribution in [0.2, 0.25) is 0 Å². The zero-order valence-electron chi connectivity index (χ0n) is 12.8. The van der Waals surface area contributed by atoms with Gasteiger partial charge in [-0.05, 0) is 49.8 Å². The molecule has 1 aromatic carbocycles. The molecule has 0 spiro atoms. The van der Waals surface area contributed by atoms with Gasteiger partial charge in [0.15, 0.2) is 11.5 Å². The normalized spacial score (nSPS) is 24.2. The van der Waals surface area contributed by atoms with Crippen LogP contribution in [0.25, 0.3) is 0 Å². The van der Waals surface area contributed by atoms with E-state index in [1.54, 1.807) is 14.0 Å². The van der Waals surface area contributed by atoms with Crippen LogP contribution in [-0.2, 0) is 0 Å². The molecule has 1 aromatic rings. The van der Waals surface area contributed by atoms with Crippen molar-refractivity contribution in [1.82, 2.24) is 0 Å². The molecule has 0 radical (unpaired) electrons. The molecule has 1 aliphatic rings. The first-order valence-electron chi connectivity index (χ1n) is 7.66. The summed E-state index contributed by atoms with van der Waals surface area (Å²) in [4.78, 5) is 0. The molecule has 0 aromatic heterocycles. The third-order valence-electron chi connectivity index (χ3n) is 4.28. The van der Waals surface area contributed by atoms with Crippen molar-refractivity contribution >= 4 is 0 Å². The van der Waals surface area contributed by atoms with E-state index in [9.17, 15) is 5.11 Å². The number of benzene rings is 1. The van der Waals surface area contributed by atoms with Gasteiger partial charge in [0.1, 0.15) is 0 Å². The van der Waals surface area contributed by atoms with Crippen LogP contribution >= 0.6 is 0 Å². The molecule has 3 heteroatoms. The lowest BCUT2D eigenvalue weighted by Crippen LogP contribution is -2.25. The SMILES string of the molecule is CCC1CCCC(Oc2ccc(C(C)O)cc2OC)C1. The molecule has 112 valence electrons. The predicted molar refractivity (Wildman–Crippen MR) is 80.3 cm³/mol. The summed E-state index contributed by atoms with van der Waals surface area (Å²) < 4.78 is 11.5. The van der Waals surface area contributed by atoms with E-state index in [-0.39, 0.29) is 0 Å². The molecular formula is C17H26O3. The molecule has 1 fully saturated rings. The van der Waals surface area contributed by atoms with Crippen LogP contribution < -0.4 is 9.47 Å². The average Bonchev–Trinajstić information content (AvgIpc) is 2.47. The lowest BCUT2D eigenvalue weighted by atomic mass is 9.85. The Hall–Kier alpha value is -1.22. The quantitative estimate of drug-likeness (QED) is 0.881. The number of hydrogen-bond donors (Lipinski definition) is 1. The fourth-order valence-corrected chi connectivity index (χ4v) is 2.94. The van der Waals surface area contributed by atoms with Crippen molar-refractivity contribution < 1.29 is 14.6 Å². The fraction of sp³-hybridized carbons (Fsp3) is 0.647. The van der Waals surface area contributed by atoms with Gasteiger partial charge in [-0.2, -0.15) is 0 Å². The van der Waals surface area contributed by atoms with E-state index in [0.29, 0.717) is 11.9 Å². The van der Waals surface area contributed by atoms with Crippen LogP contribution in [0.1, 0.15) is 57.6 Å². The van der Waals surface area contributed by atoms with Gasteiger partial charge in [-0.3, -0.25) is 0 Å². The van der Waals surface area contributed by atoms with Gasteiger partial charge in [0.25, 0.3) is 0 Å². The van der Waals surface area contributed by atoms with E-state index in [1.165, 1.54) is 19.3 Å². The topological polar surface area (TPSA) is 38.7 Å². The minimum Gasteiger partial charge on any atom is -0.493 e. The smallest absolute Gasteiger partial charge is 0.161 e. The number of rotatable bonds is 5. The molecule has 3 atom stereocenters. The third-order valence-corrected chi connectivity index (χ3v) is 4.28. The summed E-state index contributed by atoms with van der Waals surface area (Å²) >= 11 is 0. The summed E-state index contributed by atoms with van der Waals surface area (Å²) in [5.41, 5.74) is 0.851. The molecule has 1 aliphatic carbocycles. The fourth-order valence-electron chi connectivity index (χ4n) is 2.94. The molecule has 0 heterocycles. The van der Waals surface area contributed by atoms with E-state index >= 15 is 0 Å². The molecule has 0 aliphatic heterocycles. The number of ether oxygens (including phenoxy) is 2. The number of methoxy groups -OCH3 is 1. The molecule has 0 bridgehead atoms. The molecule has 20 heavy (non-hydrogen) atoms. The Morgan fingerprint density at radius 2 is 2.10 bits per heavy atom. The molecule has 2 rings (SSSR count). The molecule has 3 unspecified atom stereocenters. The third kappa shape index (κ3) is 3.66. The summed E-state index contributed by atoms with van der Waals surface area (Å²) in [6, 6.07) is 5.68. The van der Waals surface area contributed by atoms with E-state index in [4.69, 9.17) is 9.47 Å². The maximum Gasteiger partial charge on any atom is 0.161 e. The second kappa shape index (κ2) is 6.98. The van der Waals surface area contributed by atoms with Crippen molar-refractivity contribution in [3.8, 4) is 11.5 Å². The van der Waals surface area contributed by atoms with E-state index in [2.05, 4.69) is 6.92 Å². The Morgan fingerprint density at radius 1 is 1.30 bits per heavy atom. The van der Waals surface area contributed by atoms with Crippen molar-refractivity contribution in [2.75, 3.05) is 7.11 Å². The highest BCUT2D eigenvalue weighted by molar-refractivity contribution is 5.43. The van der Waals surface area contributed by atoms with Crippen molar-refractivity contribution in [2.45, 2.75) is 58.2 Å². The summed E-state index contributed by atoms with van der Waals surface area (Å²) in [5, 5.41) is 9.63. The zero-order chi connectivity index (χ0) is 14.5. The first-order chi connectivity index (χ1) is 9.63. The van der Waals surface area contributed by atoms with E-state index < -0.39 is 6.10 Å². The van der Waals surface area contributed by atoms with Crippen LogP contribution in [-0.4, -0.2) is 18.3 Å². The van der Waals surface area contributed by atoms with Crippen molar-refractivity contribution in [2.24, 2.45) is 5.92 Å². The van der Waals surface area contributed by atoms with Gasteiger partial charge in [0.2, 0.25) is 0 Å². The Morgan fingerprint density at radius 3 is 2.75 bits per heavy atom. The molecule has 1 N–H and O–H groups in total. The summed E-state index contributed by atoms with van der Waals surface area (Å²) in [6.45, 7) is 4.01. The summed E-state index contributed by atoms with van der Waals surface area (Å²) in [5.74, 6) is 2.29. The highest BCUT2D eigenvalue weighted by Crippen LogP contribution is 2.35. The van der Waals surface area contributed by atoms with Gasteiger partial charge >= 0.3 is 0 Å². The molecule has 3 nitrogen and oxygen atoms in total. The highest BCUT2D eigenvalue weighted by Gasteiger charge is 2.23. The van der Waals surface area contributed by atoms with Gasteiger partial charge in [-0.15, -0.1) is 0 Å². The van der Waals surface area contributed by atoms with Crippen LogP contribution in [0.15, 0.2) is 18.2 Å². The van der Waals surface area contributed by atoms with Crippen LogP contribution in [0, 0.1) is 5.92 Å². The van der Waals surface area contributed by atoms with Gasteiger partial charge in [0, 0.05) is 0 Å². The first kappa shape index (κ1) is 15.2. The monoisotopic (exact) mass is 278 g/mol. The highest BCUT2D eigenvalue weighted by atomic mass is 16.5. The number of hydrogen-bond acceptors (Lipinski definition) is 3. The maximum atomic E-state index is 9.63. The summed E-state index contributed by atoms with van der Waals surface area (Å²) in [7, 11) is 1.64. The number of aliphatic hydroxyl groups excluding tert-OH is 1. The van der Waals surface area contributed by atoms with Crippen LogP contribution in [0.3, 0.4) is 0 Å². The lowest BCUT2D eigenvalue weighted by Gasteiger charge is -2.29. The minimum atomic E-state index is -0.489. The molecular weight excluding hydrogens is 252 g/mol. The Bertz CT molecular complexity index is 428. The van der Waals surface area contributed by atoms with Crippen LogP contribution in [0.4, 0.5) is 0 Å². The molecule has 1 saturated carbocycles. The van der Waals surface area contributed by atoms with Crippen LogP contribution in [0.5, 0.6) is 11.5 Å². The van der Waals surface area contributed by atoms with Crippen molar-refractivity contribution in [3.05, 3.63) is 23.8 Å². The first-order valence-corrected chi connectivity index (χ1v) is 7.66. The molecule has 0 amide bonds. The predicted octanol–water partition coefficient (Wildman–Crippen LogP) is 4.10. The number of aliphatic hydroxyl groups is 1. The maximum absolute atomic E-state index is 9.63. The average molecular weight is 278 g/mol. The van der Waals surface area contributed by atoms with Gasteiger partial charge in [-0.25, -0.2) is 0 Å². The van der Waals surface area contributed by atoms with Gasteiger partial charge in [-0.1, -0.05) is 25.8 Å². The van der Waals surface area contributed by atoms with Gasteiger partial charge < -0.3 is 14.6 Å². The summed E-state index contributed by atoms with van der Waals surface area (Å²) in [6.07, 6.45) is 5.87. The van der Waals surface area contributed by atoms with Gasteiger partial charge in [0.05, 0.1) is 19.3 Å². The molecule has 0 saturated heterocycles. The lowest BCUT2D eigenvalue weighted by molar-refractivity contribution is 0.118. The standard InChI is InChI=1S/C17H26O3/c1-4-13-6-5-7-15(10-13)20-16-9-8-14(12(2)18)11-17(16)19-3/h8-9,11-13,15,18H,4-7,10H2,1-3H3. The Labute approximate surface area is 121 Å².